The van der Waals surface area contributed by atoms with Crippen LogP contribution in [0, 0.1) is 0 Å². The number of hydrogen-bond donors (Lipinski definition) is 1. The van der Waals surface area contributed by atoms with Crippen LogP contribution >= 0.6 is 0 Å². The van der Waals surface area contributed by atoms with E-state index in [0.29, 0.717) is 17.6 Å². The highest BCUT2D eigenvalue weighted by Gasteiger charge is 2.09. The largest absolute Gasteiger partial charge is 0.494 e. The molecule has 0 saturated heterocycles. The number of aromatic amines is 1. The number of aromatic nitrogens is 3. The summed E-state index contributed by atoms with van der Waals surface area (Å²) >= 11 is 0. The average molecular weight is 417 g/mol. The first kappa shape index (κ1) is 20.8. The normalized spacial score (nSPS) is 11.6. The zero-order valence-electron chi connectivity index (χ0n) is 17.9. The highest BCUT2D eigenvalue weighted by atomic mass is 16.5. The molecule has 0 unspecified atom stereocenters. The van der Waals surface area contributed by atoms with Gasteiger partial charge < -0.3 is 9.72 Å². The van der Waals surface area contributed by atoms with E-state index < -0.39 is 0 Å². The van der Waals surface area contributed by atoms with Gasteiger partial charge in [-0.2, -0.15) is 9.78 Å². The zero-order valence-corrected chi connectivity index (χ0v) is 17.9. The lowest BCUT2D eigenvalue weighted by atomic mass is 10.1. The second kappa shape index (κ2) is 10.1. The molecule has 0 radical (unpaired) electrons. The summed E-state index contributed by atoms with van der Waals surface area (Å²) in [4.78, 5) is 20.4. The van der Waals surface area contributed by atoms with Crippen molar-refractivity contribution in [2.45, 2.75) is 45.4 Å². The molecule has 160 valence electrons. The first-order valence-electron chi connectivity index (χ1n) is 11.0. The zero-order chi connectivity index (χ0) is 21.5. The van der Waals surface area contributed by atoms with Crippen molar-refractivity contribution in [1.82, 2.24) is 14.6 Å². The fraction of sp³-hybridized carbons (Fsp3) is 0.320. The number of nitrogens with zero attached hydrogens (tertiary/aromatic N) is 3. The third kappa shape index (κ3) is 5.02. The summed E-state index contributed by atoms with van der Waals surface area (Å²) in [6, 6.07) is 15.5. The van der Waals surface area contributed by atoms with Crippen LogP contribution in [0.2, 0.25) is 0 Å². The maximum atomic E-state index is 12.8. The Morgan fingerprint density at radius 3 is 2.81 bits per heavy atom. The van der Waals surface area contributed by atoms with Crippen molar-refractivity contribution < 1.29 is 4.74 Å². The highest BCUT2D eigenvalue weighted by molar-refractivity contribution is 6.04. The van der Waals surface area contributed by atoms with Gasteiger partial charge in [-0.25, -0.2) is 4.98 Å². The van der Waals surface area contributed by atoms with Crippen LogP contribution in [0.3, 0.4) is 0 Å². The van der Waals surface area contributed by atoms with Gasteiger partial charge in [0.1, 0.15) is 23.1 Å². The maximum absolute atomic E-state index is 12.8. The lowest BCUT2D eigenvalue weighted by molar-refractivity contribution is 0.304. The second-order valence-electron chi connectivity index (χ2n) is 7.72. The number of H-pyrrole nitrogens is 1. The monoisotopic (exact) mass is 416 g/mol. The molecule has 2 aromatic carbocycles. The van der Waals surface area contributed by atoms with Crippen molar-refractivity contribution in [1.29, 1.82) is 0 Å². The van der Waals surface area contributed by atoms with Crippen molar-refractivity contribution in [2.75, 3.05) is 6.61 Å². The Kier molecular flexibility index (Phi) is 6.77. The van der Waals surface area contributed by atoms with E-state index in [0.717, 1.165) is 28.6 Å². The molecule has 2 aromatic heterocycles. The summed E-state index contributed by atoms with van der Waals surface area (Å²) in [6.07, 6.45) is 10.5. The number of hydrogen-bond acceptors (Lipinski definition) is 4. The summed E-state index contributed by atoms with van der Waals surface area (Å²) in [6.45, 7) is 2.94. The topological polar surface area (TPSA) is 72.3 Å². The molecule has 0 fully saturated rings. The molecule has 4 aromatic rings. The van der Waals surface area contributed by atoms with Crippen LogP contribution in [-0.4, -0.2) is 27.5 Å². The van der Waals surface area contributed by atoms with E-state index in [1.165, 1.54) is 43.1 Å². The Morgan fingerprint density at radius 1 is 1.06 bits per heavy atom. The van der Waals surface area contributed by atoms with Gasteiger partial charge in [-0.15, -0.1) is 0 Å². The van der Waals surface area contributed by atoms with Gasteiger partial charge >= 0.3 is 0 Å². The fourth-order valence-electron chi connectivity index (χ4n) is 3.66. The van der Waals surface area contributed by atoms with Gasteiger partial charge in [0.2, 0.25) is 0 Å². The SMILES string of the molecule is CCCCCCCCOc1cccc(/C=N\n2cnc3c([nH]c4ccccc43)c2=O)c1. The molecule has 2 heterocycles. The first-order valence-corrected chi connectivity index (χ1v) is 11.0. The lowest BCUT2D eigenvalue weighted by Gasteiger charge is -2.06. The molecule has 0 spiro atoms. The number of ether oxygens (including phenoxy) is 1. The van der Waals surface area contributed by atoms with Crippen LogP contribution in [0.4, 0.5) is 0 Å². The van der Waals surface area contributed by atoms with E-state index in [2.05, 4.69) is 22.0 Å². The van der Waals surface area contributed by atoms with Crippen molar-refractivity contribution >= 4 is 28.2 Å². The predicted molar refractivity (Wildman–Crippen MR) is 126 cm³/mol. The Morgan fingerprint density at radius 2 is 1.90 bits per heavy atom. The summed E-state index contributed by atoms with van der Waals surface area (Å²) in [5.41, 5.74) is 2.64. The fourth-order valence-corrected chi connectivity index (χ4v) is 3.66. The summed E-state index contributed by atoms with van der Waals surface area (Å²) < 4.78 is 7.12. The van der Waals surface area contributed by atoms with Crippen LogP contribution in [0.15, 0.2) is 64.8 Å². The van der Waals surface area contributed by atoms with Gasteiger partial charge in [-0.05, 0) is 30.2 Å². The minimum absolute atomic E-state index is 0.229. The number of rotatable bonds is 10. The van der Waals surface area contributed by atoms with E-state index in [1.54, 1.807) is 6.21 Å². The van der Waals surface area contributed by atoms with E-state index >= 15 is 0 Å². The third-order valence-corrected chi connectivity index (χ3v) is 5.35. The quantitative estimate of drug-likeness (QED) is 0.274. The molecule has 31 heavy (non-hydrogen) atoms. The van der Waals surface area contributed by atoms with Crippen LogP contribution < -0.4 is 10.3 Å². The highest BCUT2D eigenvalue weighted by Crippen LogP contribution is 2.20. The van der Waals surface area contributed by atoms with Gasteiger partial charge in [0, 0.05) is 10.9 Å². The Bertz CT molecular complexity index is 1240. The molecule has 4 rings (SSSR count). The van der Waals surface area contributed by atoms with Crippen molar-refractivity contribution in [3.63, 3.8) is 0 Å². The second-order valence-corrected chi connectivity index (χ2v) is 7.72. The van der Waals surface area contributed by atoms with Crippen molar-refractivity contribution in [2.24, 2.45) is 5.10 Å². The van der Waals surface area contributed by atoms with Gasteiger partial charge in [-0.1, -0.05) is 69.4 Å². The van der Waals surface area contributed by atoms with Gasteiger partial charge in [0.05, 0.1) is 12.8 Å². The van der Waals surface area contributed by atoms with E-state index in [1.807, 2.05) is 48.5 Å². The number of benzene rings is 2. The molecule has 0 atom stereocenters. The van der Waals surface area contributed by atoms with Crippen LogP contribution in [0.1, 0.15) is 51.0 Å². The summed E-state index contributed by atoms with van der Waals surface area (Å²) in [5.74, 6) is 0.814. The number of fused-ring (bicyclic) bond motifs is 3. The van der Waals surface area contributed by atoms with Crippen LogP contribution in [0.5, 0.6) is 5.75 Å². The number of nitrogens with one attached hydrogen (secondary N) is 1. The maximum Gasteiger partial charge on any atom is 0.298 e. The first-order chi connectivity index (χ1) is 15.3. The number of unbranched alkanes of at least 4 members (excludes halogenated alkanes) is 5. The average Bonchev–Trinajstić information content (AvgIpc) is 3.18. The van der Waals surface area contributed by atoms with E-state index in [9.17, 15) is 4.79 Å². The molecule has 0 bridgehead atoms. The molecular formula is C25H28N4O2. The third-order valence-electron chi connectivity index (χ3n) is 5.35. The Labute approximate surface area is 181 Å². The summed E-state index contributed by atoms with van der Waals surface area (Å²) in [7, 11) is 0. The minimum Gasteiger partial charge on any atom is -0.494 e. The summed E-state index contributed by atoms with van der Waals surface area (Å²) in [5, 5.41) is 5.25. The van der Waals surface area contributed by atoms with Crippen LogP contribution in [0.25, 0.3) is 21.9 Å². The van der Waals surface area contributed by atoms with Crippen LogP contribution in [-0.2, 0) is 0 Å². The van der Waals surface area contributed by atoms with Crippen molar-refractivity contribution in [3.8, 4) is 5.75 Å². The molecule has 6 heteroatoms. The van der Waals surface area contributed by atoms with Gasteiger partial charge in [0.15, 0.2) is 0 Å². The minimum atomic E-state index is -0.229. The molecule has 0 amide bonds. The smallest absolute Gasteiger partial charge is 0.298 e. The Hall–Kier alpha value is -3.41. The van der Waals surface area contributed by atoms with Gasteiger partial charge in [-0.3, -0.25) is 4.79 Å². The molecule has 1 N–H and O–H groups in total. The molecular weight excluding hydrogens is 388 g/mol. The molecule has 0 aliphatic rings. The molecule has 0 aliphatic carbocycles. The molecule has 0 saturated carbocycles. The van der Waals surface area contributed by atoms with Crippen molar-refractivity contribution in [3.05, 3.63) is 70.8 Å². The van der Waals surface area contributed by atoms with Gasteiger partial charge in [0.25, 0.3) is 5.56 Å². The molecule has 6 nitrogen and oxygen atoms in total. The van der Waals surface area contributed by atoms with E-state index in [-0.39, 0.29) is 5.56 Å². The lowest BCUT2D eigenvalue weighted by Crippen LogP contribution is -2.17. The predicted octanol–water partition coefficient (Wildman–Crippen LogP) is 5.50. The molecule has 0 aliphatic heterocycles. The Balaban J connectivity index is 1.42. The standard InChI is InChI=1S/C25H28N4O2/c1-2-3-4-5-6-9-15-31-20-12-10-11-19(16-20)17-27-29-18-26-23-21-13-7-8-14-22(21)28-24(23)25(29)30/h7-8,10-14,16-18,28H,2-6,9,15H2,1H3/b27-17-. The van der Waals surface area contributed by atoms with E-state index in [4.69, 9.17) is 4.74 Å². The number of para-hydroxylation sites is 1.